The molecule has 347 valence electrons. The Kier molecular flexibility index (Phi) is 16.8. The lowest BCUT2D eigenvalue weighted by Gasteiger charge is -2.31. The van der Waals surface area contributed by atoms with Crippen LogP contribution in [0.5, 0.6) is 0 Å². The number of hydrogen-bond acceptors (Lipinski definition) is 9. The molecule has 6 rings (SSSR count). The number of aromatic amines is 1. The lowest BCUT2D eigenvalue weighted by Crippen LogP contribution is -2.53. The average molecular weight is 905 g/mol. The molecule has 4 N–H and O–H groups in total. The van der Waals surface area contributed by atoms with E-state index in [4.69, 9.17) is 24.2 Å². The molecule has 2 aliphatic heterocycles. The smallest absolute Gasteiger partial charge is 0.407 e. The topological polar surface area (TPSA) is 176 Å². The van der Waals surface area contributed by atoms with Crippen LogP contribution in [0.15, 0.2) is 77.9 Å². The van der Waals surface area contributed by atoms with Crippen molar-refractivity contribution in [3.63, 3.8) is 0 Å². The highest BCUT2D eigenvalue weighted by Crippen LogP contribution is 2.35. The van der Waals surface area contributed by atoms with Gasteiger partial charge in [0.25, 0.3) is 0 Å². The van der Waals surface area contributed by atoms with Gasteiger partial charge in [0.05, 0.1) is 43.9 Å². The molecule has 2 aliphatic rings. The van der Waals surface area contributed by atoms with E-state index in [2.05, 4.69) is 115 Å². The number of imidazole rings is 1. The summed E-state index contributed by atoms with van der Waals surface area (Å²) in [6.07, 6.45) is 3.56. The van der Waals surface area contributed by atoms with Crippen LogP contribution >= 0.6 is 0 Å². The molecule has 65 heavy (non-hydrogen) atoms. The van der Waals surface area contributed by atoms with Crippen molar-refractivity contribution in [2.45, 2.75) is 110 Å². The van der Waals surface area contributed by atoms with Gasteiger partial charge in [-0.3, -0.25) is 14.6 Å². The summed E-state index contributed by atoms with van der Waals surface area (Å²) in [5.41, 5.74) is 8.96. The Morgan fingerprint density at radius 3 is 2.00 bits per heavy atom. The summed E-state index contributed by atoms with van der Waals surface area (Å²) < 4.78 is 15.2. The van der Waals surface area contributed by atoms with Crippen LogP contribution in [0.1, 0.15) is 83.6 Å². The highest BCUT2D eigenvalue weighted by atomic mass is 28.3. The first kappa shape index (κ1) is 48.6. The summed E-state index contributed by atoms with van der Waals surface area (Å²) >= 11 is 0. The van der Waals surface area contributed by atoms with E-state index in [0.717, 1.165) is 69.4 Å². The second-order valence-electron chi connectivity index (χ2n) is 18.1. The molecule has 1 aromatic heterocycles. The predicted molar refractivity (Wildman–Crippen MR) is 257 cm³/mol. The fourth-order valence-electron chi connectivity index (χ4n) is 8.79. The van der Waals surface area contributed by atoms with Gasteiger partial charge in [0.15, 0.2) is 0 Å². The Labute approximate surface area is 385 Å². The number of amides is 4. The summed E-state index contributed by atoms with van der Waals surface area (Å²) in [5.74, 6) is 0.376. The molecule has 3 heterocycles. The van der Waals surface area contributed by atoms with Gasteiger partial charge >= 0.3 is 12.2 Å². The second kappa shape index (κ2) is 22.4. The van der Waals surface area contributed by atoms with Crippen molar-refractivity contribution >= 4 is 44.2 Å². The number of methoxy groups -OCH3 is 2. The highest BCUT2D eigenvalue weighted by Gasteiger charge is 2.37. The van der Waals surface area contributed by atoms with Gasteiger partial charge in [-0.25, -0.2) is 14.6 Å². The number of benzene rings is 3. The number of nitrogens with zero attached hydrogens (tertiary/aromatic N) is 3. The molecule has 1 radical (unpaired) electrons. The minimum atomic E-state index is -0.779. The van der Waals surface area contributed by atoms with Crippen molar-refractivity contribution < 1.29 is 33.4 Å². The maximum absolute atomic E-state index is 13.8. The van der Waals surface area contributed by atoms with Crippen molar-refractivity contribution in [2.24, 2.45) is 16.8 Å². The van der Waals surface area contributed by atoms with E-state index in [9.17, 15) is 19.2 Å². The van der Waals surface area contributed by atoms with Gasteiger partial charge in [0, 0.05) is 34.3 Å². The average Bonchev–Trinajstić information content (AvgIpc) is 4.01. The van der Waals surface area contributed by atoms with Crippen molar-refractivity contribution in [3.8, 4) is 33.5 Å². The Hall–Kier alpha value is -5.80. The van der Waals surface area contributed by atoms with Crippen LogP contribution in [-0.4, -0.2) is 105 Å². The molecule has 0 aliphatic carbocycles. The molecular weight excluding hydrogens is 839 g/mol. The number of aromatic nitrogens is 2. The molecule has 3 aromatic carbocycles. The van der Waals surface area contributed by atoms with E-state index >= 15 is 0 Å². The molecule has 4 atom stereocenters. The predicted octanol–water partition coefficient (Wildman–Crippen LogP) is 9.06. The van der Waals surface area contributed by atoms with Gasteiger partial charge in [0.1, 0.15) is 17.9 Å². The number of nitrogens with one attached hydrogen (secondary N) is 4. The molecule has 2 fully saturated rings. The van der Waals surface area contributed by atoms with Crippen molar-refractivity contribution in [2.75, 3.05) is 34.0 Å². The lowest BCUT2D eigenvalue weighted by atomic mass is 9.91. The van der Waals surface area contributed by atoms with Crippen LogP contribution < -0.4 is 16.0 Å². The second-order valence-corrected chi connectivity index (χ2v) is 20.9. The quantitative estimate of drug-likeness (QED) is 0.0636. The van der Waals surface area contributed by atoms with Gasteiger partial charge in [-0.2, -0.15) is 0 Å². The maximum Gasteiger partial charge on any atom is 0.407 e. The third kappa shape index (κ3) is 12.3. The fourth-order valence-corrected chi connectivity index (χ4v) is 9.90. The minimum absolute atomic E-state index is 0.0601. The molecule has 4 aromatic rings. The summed E-state index contributed by atoms with van der Waals surface area (Å²) in [6, 6.07) is 22.1. The van der Waals surface area contributed by atoms with E-state index in [1.54, 1.807) is 6.20 Å². The van der Waals surface area contributed by atoms with Crippen molar-refractivity contribution in [3.05, 3.63) is 84.3 Å². The first-order valence-corrected chi connectivity index (χ1v) is 25.5. The molecule has 0 spiro atoms. The lowest BCUT2D eigenvalue weighted by molar-refractivity contribution is -0.134. The zero-order valence-corrected chi connectivity index (χ0v) is 40.3. The number of carbonyl (C=O) groups is 4. The van der Waals surface area contributed by atoms with Crippen LogP contribution in [-0.2, 0) is 23.8 Å². The number of likely N-dealkylation sites (tertiary alicyclic amines) is 1. The normalized spacial score (nSPS) is 17.2. The summed E-state index contributed by atoms with van der Waals surface area (Å²) in [5, 5.41) is 8.70. The fraction of sp³-hybridized carbons (Fsp3) is 0.480. The van der Waals surface area contributed by atoms with Gasteiger partial charge in [0.2, 0.25) is 11.8 Å². The molecular formula is C50H66N7O7Si. The summed E-state index contributed by atoms with van der Waals surface area (Å²) in [6.45, 7) is 16.3. The number of ether oxygens (including phenoxy) is 3. The summed E-state index contributed by atoms with van der Waals surface area (Å²) in [4.78, 5) is 67.1. The van der Waals surface area contributed by atoms with Crippen LogP contribution in [0.2, 0.25) is 19.1 Å². The van der Waals surface area contributed by atoms with Gasteiger partial charge < -0.3 is 40.0 Å². The monoisotopic (exact) mass is 904 g/mol. The SMILES string of the molecule is COC(=O)NC(C(=O)N1CCCC1C(C)=Nc1cc(-c2ccc(-c3ccc(-c4cnc(C(C[Si](C)C)NC(=O)C(NC(=O)OC)C5CCOCC5)[nH]4)cc3)cc2)ccc1C(C)C)C(C)C. The molecule has 0 bridgehead atoms. The molecule has 0 saturated carbocycles. The largest absolute Gasteiger partial charge is 0.453 e. The summed E-state index contributed by atoms with van der Waals surface area (Å²) in [7, 11) is 1.82. The Morgan fingerprint density at radius 2 is 1.42 bits per heavy atom. The number of carbonyl (C=O) groups excluding carboxylic acids is 4. The Morgan fingerprint density at radius 1 is 0.831 bits per heavy atom. The zero-order valence-electron chi connectivity index (χ0n) is 39.3. The zero-order chi connectivity index (χ0) is 46.8. The maximum atomic E-state index is 13.8. The third-order valence-corrected chi connectivity index (χ3v) is 13.7. The van der Waals surface area contributed by atoms with Crippen molar-refractivity contribution in [1.82, 2.24) is 30.8 Å². The molecule has 15 heteroatoms. The van der Waals surface area contributed by atoms with Crippen molar-refractivity contribution in [1.29, 1.82) is 0 Å². The van der Waals surface area contributed by atoms with Crippen LogP contribution in [0.3, 0.4) is 0 Å². The number of hydrogen-bond donors (Lipinski definition) is 4. The third-order valence-electron chi connectivity index (χ3n) is 12.4. The van der Waals surface area contributed by atoms with E-state index in [1.807, 2.05) is 25.7 Å². The van der Waals surface area contributed by atoms with E-state index in [0.29, 0.717) is 38.4 Å². The molecule has 2 saturated heterocycles. The molecule has 14 nitrogen and oxygen atoms in total. The van der Waals surface area contributed by atoms with Crippen LogP contribution in [0, 0.1) is 11.8 Å². The number of H-pyrrole nitrogens is 1. The number of rotatable bonds is 16. The molecule has 4 amide bonds. The van der Waals surface area contributed by atoms with E-state index < -0.39 is 33.1 Å². The minimum Gasteiger partial charge on any atom is -0.453 e. The van der Waals surface area contributed by atoms with E-state index in [-0.39, 0.29) is 41.7 Å². The number of alkyl carbamates (subject to hydrolysis) is 2. The first-order chi connectivity index (χ1) is 31.2. The van der Waals surface area contributed by atoms with Crippen LogP contribution in [0.4, 0.5) is 15.3 Å². The van der Waals surface area contributed by atoms with Crippen LogP contribution in [0.25, 0.3) is 33.5 Å². The van der Waals surface area contributed by atoms with Gasteiger partial charge in [-0.05, 0) is 95.9 Å². The van der Waals surface area contributed by atoms with E-state index in [1.165, 1.54) is 14.2 Å². The Balaban J connectivity index is 1.16. The van der Waals surface area contributed by atoms with Gasteiger partial charge in [-0.1, -0.05) is 101 Å². The van der Waals surface area contributed by atoms with Gasteiger partial charge in [-0.15, -0.1) is 0 Å². The first-order valence-electron chi connectivity index (χ1n) is 22.8. The standard InChI is InChI=1S/C50H66N7O7Si/c1-30(2)39-21-20-38(27-40(39)52-32(5)43-11-10-24-57(43)48(59)44(31(3)4)55-49(60)62-6)35-14-12-33(13-15-35)34-16-18-36(19-17-34)41-28-51-46(53-41)42(29-65(8)9)54-47(58)45(56-50(61)63-7)37-22-25-64-26-23-37/h12-21,27-28,30-31,37,42-45H,10-11,22-26,29H2,1-9H3,(H,51,53)(H,54,58)(H,55,60)(H,56,61). The molecule has 4 unspecified atom stereocenters. The Bertz CT molecular complexity index is 2290. The highest BCUT2D eigenvalue weighted by molar-refractivity contribution is 6.55. The number of aliphatic imine (C=N–C) groups is 1.